The summed E-state index contributed by atoms with van der Waals surface area (Å²) < 4.78 is 31.5. The second kappa shape index (κ2) is 8.82. The lowest BCUT2D eigenvalue weighted by Crippen LogP contribution is -2.06. The van der Waals surface area contributed by atoms with Gasteiger partial charge < -0.3 is 14.6 Å². The van der Waals surface area contributed by atoms with E-state index in [1.165, 1.54) is 16.8 Å². The summed E-state index contributed by atoms with van der Waals surface area (Å²) in [6, 6.07) is 13.8. The molecule has 0 spiro atoms. The van der Waals surface area contributed by atoms with Crippen LogP contribution in [0.1, 0.15) is 37.3 Å². The molecule has 2 heterocycles. The number of benzene rings is 2. The first-order chi connectivity index (χ1) is 15.6. The van der Waals surface area contributed by atoms with E-state index in [9.17, 15) is 18.6 Å². The molecule has 0 saturated heterocycles. The molecule has 2 aromatic carbocycles. The highest BCUT2D eigenvalue weighted by Crippen LogP contribution is 2.37. The fourth-order valence-corrected chi connectivity index (χ4v) is 4.69. The molecule has 0 unspecified atom stereocenters. The Bertz CT molecular complexity index is 1430. The highest BCUT2D eigenvalue weighted by atomic mass is 79.9. The van der Waals surface area contributed by atoms with E-state index in [-0.39, 0.29) is 32.8 Å². The molecular formula is C22H21BrN4O5S. The minimum atomic E-state index is -3.41. The molecular weight excluding hydrogens is 512 g/mol. The lowest BCUT2D eigenvalue weighted by Gasteiger charge is -2.14. The standard InChI is InChI=1S/C22H21BrN4O5S/c1-12(2)15-9-4-5-10-16(15)27-19(17(23)18(26-27)22(28)29)21-25-24-20(32-21)13-7-6-8-14(11-13)33(3,30)31/h4-12,22,28-29H,1-3H3. The second-order valence-electron chi connectivity index (χ2n) is 7.76. The number of halogens is 1. The zero-order chi connectivity index (χ0) is 23.9. The first-order valence-corrected chi connectivity index (χ1v) is 12.6. The summed E-state index contributed by atoms with van der Waals surface area (Å²) in [4.78, 5) is 0.127. The number of sulfone groups is 1. The highest BCUT2D eigenvalue weighted by molar-refractivity contribution is 9.10. The van der Waals surface area contributed by atoms with Gasteiger partial charge in [-0.25, -0.2) is 13.1 Å². The summed E-state index contributed by atoms with van der Waals surface area (Å²) in [6.07, 6.45) is -0.714. The molecule has 0 amide bonds. The SMILES string of the molecule is CC(C)c1ccccc1-n1nc(C(O)O)c(Br)c1-c1nnc(-c2cccc(S(C)(=O)=O)c2)o1. The minimum absolute atomic E-state index is 0.0117. The molecule has 0 aliphatic heterocycles. The Kier molecular flexibility index (Phi) is 6.23. The Balaban J connectivity index is 1.89. The van der Waals surface area contributed by atoms with Gasteiger partial charge in [-0.2, -0.15) is 5.10 Å². The Morgan fingerprint density at radius 2 is 1.73 bits per heavy atom. The van der Waals surface area contributed by atoms with Crippen LogP contribution in [-0.4, -0.2) is 44.9 Å². The van der Waals surface area contributed by atoms with Gasteiger partial charge in [-0.1, -0.05) is 38.1 Å². The van der Waals surface area contributed by atoms with Gasteiger partial charge in [-0.05, 0) is 51.7 Å². The molecule has 0 aliphatic carbocycles. The van der Waals surface area contributed by atoms with Crippen LogP contribution in [0.4, 0.5) is 0 Å². The number of aliphatic hydroxyl groups excluding tert-OH is 1. The van der Waals surface area contributed by atoms with Crippen LogP contribution in [0.5, 0.6) is 0 Å². The number of aliphatic hydroxyl groups is 2. The van der Waals surface area contributed by atoms with Crippen LogP contribution in [0, 0.1) is 0 Å². The van der Waals surface area contributed by atoms with Crippen molar-refractivity contribution >= 4 is 25.8 Å². The van der Waals surface area contributed by atoms with E-state index in [0.717, 1.165) is 11.8 Å². The van der Waals surface area contributed by atoms with Gasteiger partial charge >= 0.3 is 0 Å². The zero-order valence-electron chi connectivity index (χ0n) is 18.0. The highest BCUT2D eigenvalue weighted by Gasteiger charge is 2.27. The van der Waals surface area contributed by atoms with Crippen LogP contribution < -0.4 is 0 Å². The Hall–Kier alpha value is -2.86. The Morgan fingerprint density at radius 3 is 2.39 bits per heavy atom. The Labute approximate surface area is 198 Å². The van der Waals surface area contributed by atoms with Gasteiger partial charge in [0.2, 0.25) is 5.89 Å². The number of nitrogens with zero attached hydrogens (tertiary/aromatic N) is 4. The van der Waals surface area contributed by atoms with Crippen molar-refractivity contribution in [3.63, 3.8) is 0 Å². The molecule has 2 aromatic heterocycles. The van der Waals surface area contributed by atoms with E-state index in [4.69, 9.17) is 4.42 Å². The monoisotopic (exact) mass is 532 g/mol. The van der Waals surface area contributed by atoms with Crippen LogP contribution in [0.15, 0.2) is 62.3 Å². The lowest BCUT2D eigenvalue weighted by molar-refractivity contribution is -0.0465. The molecule has 172 valence electrons. The molecule has 9 nitrogen and oxygen atoms in total. The maximum absolute atomic E-state index is 11.9. The van der Waals surface area contributed by atoms with Crippen molar-refractivity contribution < 1.29 is 23.0 Å². The van der Waals surface area contributed by atoms with E-state index in [0.29, 0.717) is 16.9 Å². The smallest absolute Gasteiger partial charge is 0.267 e. The molecule has 0 atom stereocenters. The number of rotatable bonds is 6. The predicted octanol–water partition coefficient (Wildman–Crippen LogP) is 3.86. The predicted molar refractivity (Wildman–Crippen MR) is 124 cm³/mol. The fraction of sp³-hybridized carbons (Fsp3) is 0.227. The maximum Gasteiger partial charge on any atom is 0.267 e. The number of hydrogen-bond donors (Lipinski definition) is 2. The molecule has 0 bridgehead atoms. The van der Waals surface area contributed by atoms with Crippen molar-refractivity contribution in [1.82, 2.24) is 20.0 Å². The van der Waals surface area contributed by atoms with Crippen LogP contribution >= 0.6 is 15.9 Å². The van der Waals surface area contributed by atoms with Gasteiger partial charge in [0.05, 0.1) is 15.1 Å². The lowest BCUT2D eigenvalue weighted by atomic mass is 10.0. The topological polar surface area (TPSA) is 131 Å². The van der Waals surface area contributed by atoms with Crippen LogP contribution in [0.2, 0.25) is 0 Å². The van der Waals surface area contributed by atoms with Gasteiger partial charge in [-0.15, -0.1) is 10.2 Å². The molecule has 4 rings (SSSR count). The van der Waals surface area contributed by atoms with E-state index in [1.54, 1.807) is 12.1 Å². The molecule has 4 aromatic rings. The van der Waals surface area contributed by atoms with Crippen molar-refractivity contribution in [2.75, 3.05) is 6.26 Å². The molecule has 0 aliphatic rings. The molecule has 2 N–H and O–H groups in total. The van der Waals surface area contributed by atoms with Gasteiger partial charge in [0.25, 0.3) is 5.89 Å². The van der Waals surface area contributed by atoms with Crippen molar-refractivity contribution in [2.24, 2.45) is 0 Å². The third kappa shape index (κ3) is 4.49. The second-order valence-corrected chi connectivity index (χ2v) is 10.6. The largest absolute Gasteiger partial charge is 0.415 e. The number of aromatic nitrogens is 4. The summed E-state index contributed by atoms with van der Waals surface area (Å²) in [7, 11) is -3.41. The fourth-order valence-electron chi connectivity index (χ4n) is 3.40. The van der Waals surface area contributed by atoms with Crippen molar-refractivity contribution in [2.45, 2.75) is 31.0 Å². The van der Waals surface area contributed by atoms with Gasteiger partial charge in [0, 0.05) is 11.8 Å². The van der Waals surface area contributed by atoms with Crippen LogP contribution in [-0.2, 0) is 9.84 Å². The summed E-state index contributed by atoms with van der Waals surface area (Å²) in [5.41, 5.74) is 2.46. The zero-order valence-corrected chi connectivity index (χ0v) is 20.4. The summed E-state index contributed by atoms with van der Waals surface area (Å²) >= 11 is 3.39. The van der Waals surface area contributed by atoms with Crippen LogP contribution in [0.25, 0.3) is 28.7 Å². The van der Waals surface area contributed by atoms with Gasteiger partial charge in [0.1, 0.15) is 11.4 Å². The van der Waals surface area contributed by atoms with E-state index in [2.05, 4.69) is 31.2 Å². The molecule has 0 fully saturated rings. The maximum atomic E-state index is 11.9. The van der Waals surface area contributed by atoms with Crippen molar-refractivity contribution in [1.29, 1.82) is 0 Å². The first-order valence-electron chi connectivity index (χ1n) is 9.96. The van der Waals surface area contributed by atoms with E-state index < -0.39 is 16.1 Å². The summed E-state index contributed by atoms with van der Waals surface area (Å²) in [5, 5.41) is 32.3. The Morgan fingerprint density at radius 1 is 1.03 bits per heavy atom. The van der Waals surface area contributed by atoms with E-state index in [1.807, 2.05) is 38.1 Å². The number of para-hydroxylation sites is 1. The van der Waals surface area contributed by atoms with Crippen molar-refractivity contribution in [3.05, 3.63) is 64.3 Å². The first kappa shape index (κ1) is 23.3. The summed E-state index contributed by atoms with van der Waals surface area (Å²) in [5.74, 6) is 0.342. The van der Waals surface area contributed by atoms with Gasteiger partial charge in [-0.3, -0.25) is 0 Å². The normalized spacial score (nSPS) is 12.1. The van der Waals surface area contributed by atoms with Gasteiger partial charge in [0.15, 0.2) is 16.1 Å². The van der Waals surface area contributed by atoms with Crippen molar-refractivity contribution in [3.8, 4) is 28.7 Å². The average Bonchev–Trinajstić information content (AvgIpc) is 3.37. The molecule has 33 heavy (non-hydrogen) atoms. The quantitative estimate of drug-likeness (QED) is 0.357. The third-order valence-corrected chi connectivity index (χ3v) is 6.91. The summed E-state index contributed by atoms with van der Waals surface area (Å²) in [6.45, 7) is 4.08. The molecule has 0 radical (unpaired) electrons. The van der Waals surface area contributed by atoms with E-state index >= 15 is 0 Å². The average molecular weight is 533 g/mol. The number of hydrogen-bond acceptors (Lipinski definition) is 8. The molecule has 0 saturated carbocycles. The van der Waals surface area contributed by atoms with Crippen LogP contribution in [0.3, 0.4) is 0 Å². The third-order valence-electron chi connectivity index (χ3n) is 5.02. The molecule has 11 heteroatoms. The minimum Gasteiger partial charge on any atom is -0.415 e.